The molecule has 0 aliphatic rings. The molecule has 2 heterocycles. The van der Waals surface area contributed by atoms with E-state index in [4.69, 9.17) is 0 Å². The number of hydrogen-bond donors (Lipinski definition) is 2. The minimum absolute atomic E-state index is 0.104. The van der Waals surface area contributed by atoms with Crippen LogP contribution < -0.4 is 10.9 Å². The molecule has 9 heteroatoms. The molecule has 3 rings (SSSR count). The standard InChI is InChI=1S/C14H12FN5O2S/c1-20-12-11(13(22)17-7-16-12)19-14(20)23-6-10(21)18-9-4-2-8(15)3-5-9/h2-5,7H,6H2,1H3,(H,18,21)(H,16,17,22). The molecule has 1 aromatic carbocycles. The average molecular weight is 333 g/mol. The first-order chi connectivity index (χ1) is 11.0. The Morgan fingerprint density at radius 1 is 1.39 bits per heavy atom. The van der Waals surface area contributed by atoms with E-state index < -0.39 is 0 Å². The second-order valence-corrected chi connectivity index (χ2v) is 5.64. The Bertz CT molecular complexity index is 919. The lowest BCUT2D eigenvalue weighted by molar-refractivity contribution is -0.113. The summed E-state index contributed by atoms with van der Waals surface area (Å²) in [5.41, 5.74) is 0.875. The number of nitrogens with zero attached hydrogens (tertiary/aromatic N) is 3. The molecule has 2 aromatic heterocycles. The molecule has 2 N–H and O–H groups in total. The predicted molar refractivity (Wildman–Crippen MR) is 84.9 cm³/mol. The maximum absolute atomic E-state index is 12.8. The predicted octanol–water partition coefficient (Wildman–Crippen LogP) is 1.53. The van der Waals surface area contributed by atoms with Gasteiger partial charge in [0.05, 0.1) is 12.1 Å². The van der Waals surface area contributed by atoms with E-state index in [0.717, 1.165) is 0 Å². The van der Waals surface area contributed by atoms with Gasteiger partial charge in [-0.3, -0.25) is 9.59 Å². The van der Waals surface area contributed by atoms with Crippen LogP contribution >= 0.6 is 11.8 Å². The molecule has 0 saturated heterocycles. The summed E-state index contributed by atoms with van der Waals surface area (Å²) in [5, 5.41) is 3.17. The van der Waals surface area contributed by atoms with Gasteiger partial charge < -0.3 is 14.9 Å². The number of halogens is 1. The highest BCUT2D eigenvalue weighted by atomic mass is 32.2. The highest BCUT2D eigenvalue weighted by Crippen LogP contribution is 2.19. The van der Waals surface area contributed by atoms with Crippen LogP contribution in [0.5, 0.6) is 0 Å². The Hall–Kier alpha value is -2.68. The molecule has 0 radical (unpaired) electrons. The van der Waals surface area contributed by atoms with Crippen LogP contribution in [0.4, 0.5) is 10.1 Å². The Morgan fingerprint density at radius 3 is 2.83 bits per heavy atom. The molecule has 0 bridgehead atoms. The van der Waals surface area contributed by atoms with Crippen molar-refractivity contribution in [1.82, 2.24) is 19.5 Å². The van der Waals surface area contributed by atoms with Gasteiger partial charge >= 0.3 is 0 Å². The molecule has 0 aliphatic heterocycles. The zero-order valence-electron chi connectivity index (χ0n) is 12.0. The van der Waals surface area contributed by atoms with E-state index in [-0.39, 0.29) is 28.6 Å². The number of rotatable bonds is 4. The molecule has 0 atom stereocenters. The third-order valence-electron chi connectivity index (χ3n) is 3.08. The molecular formula is C14H12FN5O2S. The van der Waals surface area contributed by atoms with Gasteiger partial charge in [-0.25, -0.2) is 14.4 Å². The number of H-pyrrole nitrogens is 1. The van der Waals surface area contributed by atoms with E-state index in [0.29, 0.717) is 16.5 Å². The Kier molecular flexibility index (Phi) is 4.11. The Balaban J connectivity index is 1.69. The van der Waals surface area contributed by atoms with Gasteiger partial charge in [-0.15, -0.1) is 0 Å². The van der Waals surface area contributed by atoms with Gasteiger partial charge in [0.1, 0.15) is 5.82 Å². The zero-order valence-corrected chi connectivity index (χ0v) is 12.9. The van der Waals surface area contributed by atoms with Crippen LogP contribution in [0.2, 0.25) is 0 Å². The van der Waals surface area contributed by atoms with Gasteiger partial charge in [0, 0.05) is 12.7 Å². The van der Waals surface area contributed by atoms with Crippen molar-refractivity contribution >= 4 is 34.5 Å². The van der Waals surface area contributed by atoms with Crippen molar-refractivity contribution in [3.05, 3.63) is 46.8 Å². The van der Waals surface area contributed by atoms with Gasteiger partial charge in [0.25, 0.3) is 5.56 Å². The van der Waals surface area contributed by atoms with E-state index in [9.17, 15) is 14.0 Å². The molecule has 1 amide bonds. The first-order valence-electron chi connectivity index (χ1n) is 6.63. The monoisotopic (exact) mass is 333 g/mol. The minimum atomic E-state index is -0.366. The van der Waals surface area contributed by atoms with Gasteiger partial charge in [0.2, 0.25) is 5.91 Å². The van der Waals surface area contributed by atoms with Gasteiger partial charge in [0.15, 0.2) is 16.3 Å². The second kappa shape index (κ2) is 6.21. The van der Waals surface area contributed by atoms with Crippen LogP contribution in [0.15, 0.2) is 40.5 Å². The van der Waals surface area contributed by atoms with Crippen molar-refractivity contribution in [2.24, 2.45) is 7.05 Å². The molecule has 23 heavy (non-hydrogen) atoms. The summed E-state index contributed by atoms with van der Waals surface area (Å²) in [6, 6.07) is 5.51. The van der Waals surface area contributed by atoms with Gasteiger partial charge in [-0.05, 0) is 24.3 Å². The molecule has 118 valence electrons. The number of thioether (sulfide) groups is 1. The summed E-state index contributed by atoms with van der Waals surface area (Å²) >= 11 is 1.18. The summed E-state index contributed by atoms with van der Waals surface area (Å²) in [6.45, 7) is 0. The molecule has 0 unspecified atom stereocenters. The number of aryl methyl sites for hydroxylation is 1. The van der Waals surface area contributed by atoms with E-state index in [1.165, 1.54) is 42.4 Å². The molecule has 0 spiro atoms. The normalized spacial score (nSPS) is 10.9. The summed E-state index contributed by atoms with van der Waals surface area (Å²) in [5.74, 6) is -0.516. The maximum Gasteiger partial charge on any atom is 0.278 e. The maximum atomic E-state index is 12.8. The fraction of sp³-hybridized carbons (Fsp3) is 0.143. The first-order valence-corrected chi connectivity index (χ1v) is 7.61. The second-order valence-electron chi connectivity index (χ2n) is 4.70. The van der Waals surface area contributed by atoms with E-state index in [1.807, 2.05) is 0 Å². The molecular weight excluding hydrogens is 321 g/mol. The van der Waals surface area contributed by atoms with Crippen LogP contribution in [0.25, 0.3) is 11.2 Å². The topological polar surface area (TPSA) is 92.7 Å². The van der Waals surface area contributed by atoms with Gasteiger partial charge in [-0.2, -0.15) is 0 Å². The molecule has 3 aromatic rings. The van der Waals surface area contributed by atoms with E-state index in [1.54, 1.807) is 11.6 Å². The number of aromatic nitrogens is 4. The van der Waals surface area contributed by atoms with Crippen LogP contribution in [0, 0.1) is 5.82 Å². The highest BCUT2D eigenvalue weighted by Gasteiger charge is 2.13. The van der Waals surface area contributed by atoms with Crippen molar-refractivity contribution in [3.63, 3.8) is 0 Å². The number of nitrogens with one attached hydrogen (secondary N) is 2. The molecule has 0 aliphatic carbocycles. The SMILES string of the molecule is Cn1c(SCC(=O)Nc2ccc(F)cc2)nc2c(=O)[nH]cnc21. The lowest BCUT2D eigenvalue weighted by Crippen LogP contribution is -2.14. The molecule has 0 saturated carbocycles. The third-order valence-corrected chi connectivity index (χ3v) is 4.11. The third kappa shape index (κ3) is 3.24. The lowest BCUT2D eigenvalue weighted by Gasteiger charge is -2.05. The van der Waals surface area contributed by atoms with Crippen LogP contribution in [-0.2, 0) is 11.8 Å². The van der Waals surface area contributed by atoms with Gasteiger partial charge in [-0.1, -0.05) is 11.8 Å². The summed E-state index contributed by atoms with van der Waals surface area (Å²) in [6.07, 6.45) is 1.31. The summed E-state index contributed by atoms with van der Waals surface area (Å²) in [7, 11) is 1.72. The number of carbonyl (C=O) groups is 1. The average Bonchev–Trinajstić information content (AvgIpc) is 2.86. The van der Waals surface area contributed by atoms with E-state index in [2.05, 4.69) is 20.3 Å². The number of hydrogen-bond acceptors (Lipinski definition) is 5. The highest BCUT2D eigenvalue weighted by molar-refractivity contribution is 7.99. The Labute approximate surface area is 134 Å². The van der Waals surface area contributed by atoms with Crippen molar-refractivity contribution in [2.45, 2.75) is 5.16 Å². The number of fused-ring (bicyclic) bond motifs is 1. The summed E-state index contributed by atoms with van der Waals surface area (Å²) in [4.78, 5) is 34.3. The first kappa shape index (κ1) is 15.2. The number of imidazole rings is 1. The lowest BCUT2D eigenvalue weighted by atomic mass is 10.3. The number of carbonyl (C=O) groups excluding carboxylic acids is 1. The zero-order chi connectivity index (χ0) is 16.4. The van der Waals surface area contributed by atoms with Crippen LogP contribution in [0.1, 0.15) is 0 Å². The fourth-order valence-electron chi connectivity index (χ4n) is 1.98. The molecule has 0 fully saturated rings. The van der Waals surface area contributed by atoms with Crippen molar-refractivity contribution < 1.29 is 9.18 Å². The number of aromatic amines is 1. The van der Waals surface area contributed by atoms with Crippen molar-refractivity contribution in [3.8, 4) is 0 Å². The number of benzene rings is 1. The Morgan fingerprint density at radius 2 is 2.13 bits per heavy atom. The van der Waals surface area contributed by atoms with Crippen molar-refractivity contribution in [2.75, 3.05) is 11.1 Å². The van der Waals surface area contributed by atoms with Crippen LogP contribution in [0.3, 0.4) is 0 Å². The minimum Gasteiger partial charge on any atom is -0.325 e. The largest absolute Gasteiger partial charge is 0.325 e. The smallest absolute Gasteiger partial charge is 0.278 e. The van der Waals surface area contributed by atoms with E-state index >= 15 is 0 Å². The van der Waals surface area contributed by atoms with Crippen molar-refractivity contribution in [1.29, 1.82) is 0 Å². The number of amides is 1. The molecule has 7 nitrogen and oxygen atoms in total. The summed E-state index contributed by atoms with van der Waals surface area (Å²) < 4.78 is 14.5. The number of anilines is 1. The quantitative estimate of drug-likeness (QED) is 0.706. The fourth-order valence-corrected chi connectivity index (χ4v) is 2.75. The van der Waals surface area contributed by atoms with Crippen LogP contribution in [-0.4, -0.2) is 31.2 Å².